The first-order chi connectivity index (χ1) is 11.8. The van der Waals surface area contributed by atoms with Crippen LogP contribution >= 0.6 is 0 Å². The van der Waals surface area contributed by atoms with E-state index < -0.39 is 35.7 Å². The lowest BCUT2D eigenvalue weighted by atomic mass is 10.1. The maximum absolute atomic E-state index is 12.8. The molecule has 0 heterocycles. The number of hydrogen-bond acceptors (Lipinski definition) is 5. The predicted molar refractivity (Wildman–Crippen MR) is 87.3 cm³/mol. The molecular weight excluding hydrogens is 330 g/mol. The molecule has 132 valence electrons. The lowest BCUT2D eigenvalue weighted by molar-refractivity contribution is -0.161. The smallest absolute Gasteiger partial charge is 0.330 e. The fraction of sp³-hybridized carbons (Fsp3) is 0.222. The minimum atomic E-state index is -1.08. The van der Waals surface area contributed by atoms with Gasteiger partial charge < -0.3 is 16.2 Å². The van der Waals surface area contributed by atoms with E-state index in [2.05, 4.69) is 4.74 Å². The molecule has 0 saturated heterocycles. The van der Waals surface area contributed by atoms with E-state index >= 15 is 0 Å². The number of esters is 2. The van der Waals surface area contributed by atoms with Gasteiger partial charge in [0.1, 0.15) is 23.7 Å². The predicted octanol–water partition coefficient (Wildman–Crippen LogP) is 1.47. The van der Waals surface area contributed by atoms with Crippen molar-refractivity contribution >= 4 is 11.9 Å². The molecule has 5 nitrogen and oxygen atoms in total. The van der Waals surface area contributed by atoms with E-state index in [0.717, 1.165) is 0 Å². The summed E-state index contributed by atoms with van der Waals surface area (Å²) in [7, 11) is 0. The van der Waals surface area contributed by atoms with Gasteiger partial charge in [0.05, 0.1) is 0 Å². The molecule has 7 heteroatoms. The summed E-state index contributed by atoms with van der Waals surface area (Å²) in [6.07, 6.45) is 0.194. The Labute approximate surface area is 143 Å². The first-order valence-electron chi connectivity index (χ1n) is 7.60. The molecule has 2 rings (SSSR count). The second-order valence-corrected chi connectivity index (χ2v) is 5.61. The Morgan fingerprint density at radius 2 is 1.08 bits per heavy atom. The summed E-state index contributed by atoms with van der Waals surface area (Å²) < 4.78 is 30.4. The standard InChI is InChI=1S/C18H18F2N2O3/c19-13-5-1-11(2-6-13)9-15(21)17(23)25-18(24)16(22)10-12-3-7-14(20)8-4-12/h1-8,15-16H,9-10,21-22H2/t15-,16-/m0/s1. The van der Waals surface area contributed by atoms with Gasteiger partial charge in [-0.3, -0.25) is 0 Å². The highest BCUT2D eigenvalue weighted by atomic mass is 19.1. The number of rotatable bonds is 6. The fourth-order valence-electron chi connectivity index (χ4n) is 2.17. The maximum atomic E-state index is 12.8. The first kappa shape index (κ1) is 18.7. The van der Waals surface area contributed by atoms with Crippen LogP contribution in [0.3, 0.4) is 0 Å². The van der Waals surface area contributed by atoms with Crippen LogP contribution in [0.25, 0.3) is 0 Å². The van der Waals surface area contributed by atoms with Gasteiger partial charge in [0.25, 0.3) is 0 Å². The molecule has 2 atom stereocenters. The number of nitrogens with two attached hydrogens (primary N) is 2. The van der Waals surface area contributed by atoms with E-state index in [0.29, 0.717) is 11.1 Å². The van der Waals surface area contributed by atoms with Gasteiger partial charge in [0.15, 0.2) is 0 Å². The normalized spacial score (nSPS) is 13.1. The van der Waals surface area contributed by atoms with Crippen LogP contribution in [0.4, 0.5) is 8.78 Å². The molecule has 0 fully saturated rings. The Morgan fingerprint density at radius 1 is 0.760 bits per heavy atom. The number of carbonyl (C=O) groups is 2. The Bertz CT molecular complexity index is 669. The number of halogens is 2. The Balaban J connectivity index is 1.86. The van der Waals surface area contributed by atoms with Crippen molar-refractivity contribution in [3.63, 3.8) is 0 Å². The van der Waals surface area contributed by atoms with Gasteiger partial charge in [-0.05, 0) is 48.2 Å². The molecule has 2 aromatic carbocycles. The summed E-state index contributed by atoms with van der Waals surface area (Å²) in [6, 6.07) is 8.80. The van der Waals surface area contributed by atoms with E-state index in [1.807, 2.05) is 0 Å². The monoisotopic (exact) mass is 348 g/mol. The fourth-order valence-corrected chi connectivity index (χ4v) is 2.17. The molecule has 0 radical (unpaired) electrons. The molecule has 4 N–H and O–H groups in total. The summed E-state index contributed by atoms with van der Waals surface area (Å²) in [4.78, 5) is 23.8. The molecule has 0 aliphatic heterocycles. The summed E-state index contributed by atoms with van der Waals surface area (Å²) in [5.41, 5.74) is 12.7. The van der Waals surface area contributed by atoms with Gasteiger partial charge in [-0.1, -0.05) is 24.3 Å². The highest BCUT2D eigenvalue weighted by Crippen LogP contribution is 2.08. The molecular formula is C18H18F2N2O3. The highest BCUT2D eigenvalue weighted by Gasteiger charge is 2.23. The van der Waals surface area contributed by atoms with E-state index in [-0.39, 0.29) is 12.8 Å². The van der Waals surface area contributed by atoms with Gasteiger partial charge in [-0.2, -0.15) is 0 Å². The third-order valence-electron chi connectivity index (χ3n) is 3.54. The molecule has 2 aromatic rings. The van der Waals surface area contributed by atoms with Crippen LogP contribution in [-0.4, -0.2) is 24.0 Å². The number of carbonyl (C=O) groups excluding carboxylic acids is 2. The van der Waals surface area contributed by atoms with Crippen LogP contribution in [0.15, 0.2) is 48.5 Å². The van der Waals surface area contributed by atoms with Crippen LogP contribution in [0.2, 0.25) is 0 Å². The summed E-state index contributed by atoms with van der Waals surface area (Å²) in [6.45, 7) is 0. The van der Waals surface area contributed by atoms with Gasteiger partial charge in [0, 0.05) is 0 Å². The average molecular weight is 348 g/mol. The van der Waals surface area contributed by atoms with Crippen LogP contribution in [0, 0.1) is 11.6 Å². The van der Waals surface area contributed by atoms with Crippen molar-refractivity contribution in [2.45, 2.75) is 24.9 Å². The van der Waals surface area contributed by atoms with Crippen molar-refractivity contribution in [3.8, 4) is 0 Å². The number of benzene rings is 2. The van der Waals surface area contributed by atoms with Crippen LogP contribution in [0.5, 0.6) is 0 Å². The van der Waals surface area contributed by atoms with Crippen LogP contribution < -0.4 is 11.5 Å². The first-order valence-corrected chi connectivity index (χ1v) is 7.60. The van der Waals surface area contributed by atoms with E-state index in [9.17, 15) is 18.4 Å². The molecule has 0 aromatic heterocycles. The zero-order chi connectivity index (χ0) is 18.4. The molecule has 0 bridgehead atoms. The molecule has 0 aliphatic rings. The molecule has 0 saturated carbocycles. The minimum Gasteiger partial charge on any atom is -0.391 e. The molecule has 0 spiro atoms. The second kappa shape index (κ2) is 8.46. The van der Waals surface area contributed by atoms with Crippen molar-refractivity contribution in [1.29, 1.82) is 0 Å². The van der Waals surface area contributed by atoms with Crippen LogP contribution in [-0.2, 0) is 27.2 Å². The quantitative estimate of drug-likeness (QED) is 0.609. The molecule has 25 heavy (non-hydrogen) atoms. The summed E-state index contributed by atoms with van der Waals surface area (Å²) in [5, 5.41) is 0. The van der Waals surface area contributed by atoms with Crippen molar-refractivity contribution in [2.24, 2.45) is 11.5 Å². The topological polar surface area (TPSA) is 95.4 Å². The Morgan fingerprint density at radius 3 is 1.40 bits per heavy atom. The van der Waals surface area contributed by atoms with E-state index in [1.165, 1.54) is 48.5 Å². The molecule has 0 unspecified atom stereocenters. The van der Waals surface area contributed by atoms with E-state index in [1.54, 1.807) is 0 Å². The third kappa shape index (κ3) is 5.74. The van der Waals surface area contributed by atoms with Crippen molar-refractivity contribution in [1.82, 2.24) is 0 Å². The Kier molecular flexibility index (Phi) is 6.32. The second-order valence-electron chi connectivity index (χ2n) is 5.61. The minimum absolute atomic E-state index is 0.0968. The molecule has 0 amide bonds. The van der Waals surface area contributed by atoms with Crippen molar-refractivity contribution in [3.05, 3.63) is 71.3 Å². The zero-order valence-corrected chi connectivity index (χ0v) is 13.3. The lowest BCUT2D eigenvalue weighted by Gasteiger charge is -2.14. The van der Waals surface area contributed by atoms with Gasteiger partial charge in [0.2, 0.25) is 0 Å². The lowest BCUT2D eigenvalue weighted by Crippen LogP contribution is -2.41. The van der Waals surface area contributed by atoms with E-state index in [4.69, 9.17) is 11.5 Å². The Hall–Kier alpha value is -2.64. The van der Waals surface area contributed by atoms with Gasteiger partial charge in [-0.15, -0.1) is 0 Å². The average Bonchev–Trinajstić information content (AvgIpc) is 2.58. The van der Waals surface area contributed by atoms with Crippen molar-refractivity contribution in [2.75, 3.05) is 0 Å². The van der Waals surface area contributed by atoms with Crippen molar-refractivity contribution < 1.29 is 23.1 Å². The number of hydrogen-bond donors (Lipinski definition) is 2. The van der Waals surface area contributed by atoms with Gasteiger partial charge >= 0.3 is 11.9 Å². The summed E-state index contributed by atoms with van der Waals surface area (Å²) in [5.74, 6) is -2.63. The SMILES string of the molecule is N[C@@H](Cc1ccc(F)cc1)C(=O)OC(=O)[C@@H](N)Cc1ccc(F)cc1. The van der Waals surface area contributed by atoms with Gasteiger partial charge in [-0.25, -0.2) is 18.4 Å². The molecule has 0 aliphatic carbocycles. The largest absolute Gasteiger partial charge is 0.391 e. The van der Waals surface area contributed by atoms with Crippen LogP contribution in [0.1, 0.15) is 11.1 Å². The maximum Gasteiger partial charge on any atom is 0.330 e. The highest BCUT2D eigenvalue weighted by molar-refractivity contribution is 5.90. The number of ether oxygens (including phenoxy) is 1. The zero-order valence-electron chi connectivity index (χ0n) is 13.3. The summed E-state index contributed by atoms with van der Waals surface area (Å²) >= 11 is 0. The third-order valence-corrected chi connectivity index (χ3v) is 3.54.